The highest BCUT2D eigenvalue weighted by atomic mass is 16.5. The Kier molecular flexibility index (Phi) is 6.60. The Labute approximate surface area is 182 Å². The molecule has 0 aromatic rings. The number of carbonyl (C=O) groups excluding carboxylic acids is 2. The van der Waals surface area contributed by atoms with Crippen molar-refractivity contribution in [2.24, 2.45) is 59.2 Å². The summed E-state index contributed by atoms with van der Waals surface area (Å²) in [6.07, 6.45) is 11.3. The fraction of sp³-hybridized carbons (Fsp3) is 0.846. The fourth-order valence-corrected chi connectivity index (χ4v) is 7.47. The lowest BCUT2D eigenvalue weighted by Crippen LogP contribution is -2.45. The van der Waals surface area contributed by atoms with Crippen LogP contribution in [0.15, 0.2) is 12.2 Å². The molecule has 0 N–H and O–H groups in total. The minimum absolute atomic E-state index is 0.140. The molecule has 3 saturated carbocycles. The SMILES string of the molecule is CCCC(C)COC(=O)C1C2CC(C1C(=O)OCC(C)CCC)C1C3C=CC(C3)C21. The van der Waals surface area contributed by atoms with Crippen molar-refractivity contribution in [3.05, 3.63) is 12.2 Å². The highest BCUT2D eigenvalue weighted by Crippen LogP contribution is 2.69. The average molecular weight is 417 g/mol. The predicted molar refractivity (Wildman–Crippen MR) is 116 cm³/mol. The van der Waals surface area contributed by atoms with Crippen LogP contribution in [0.4, 0.5) is 0 Å². The summed E-state index contributed by atoms with van der Waals surface area (Å²) in [5.41, 5.74) is 0. The Morgan fingerprint density at radius 3 is 1.63 bits per heavy atom. The third kappa shape index (κ3) is 3.84. The number of hydrogen-bond acceptors (Lipinski definition) is 4. The van der Waals surface area contributed by atoms with Crippen LogP contribution in [0, 0.1) is 59.2 Å². The van der Waals surface area contributed by atoms with Crippen LogP contribution in [0.25, 0.3) is 0 Å². The number of esters is 2. The van der Waals surface area contributed by atoms with Crippen LogP contribution in [0.5, 0.6) is 0 Å². The highest BCUT2D eigenvalue weighted by molar-refractivity contribution is 5.84. The first-order valence-electron chi connectivity index (χ1n) is 12.5. The quantitative estimate of drug-likeness (QED) is 0.277. The van der Waals surface area contributed by atoms with Gasteiger partial charge in [-0.15, -0.1) is 0 Å². The summed E-state index contributed by atoms with van der Waals surface area (Å²) >= 11 is 0. The molecule has 0 aromatic heterocycles. The zero-order chi connectivity index (χ0) is 21.4. The van der Waals surface area contributed by atoms with Crippen molar-refractivity contribution in [3.8, 4) is 0 Å². The van der Waals surface area contributed by atoms with Crippen molar-refractivity contribution in [2.45, 2.75) is 66.2 Å². The molecule has 10 unspecified atom stereocenters. The molecule has 4 bridgehead atoms. The van der Waals surface area contributed by atoms with E-state index in [2.05, 4.69) is 39.8 Å². The van der Waals surface area contributed by atoms with E-state index in [9.17, 15) is 9.59 Å². The van der Waals surface area contributed by atoms with Gasteiger partial charge in [-0.05, 0) is 73.0 Å². The molecule has 0 aliphatic heterocycles. The fourth-order valence-electron chi connectivity index (χ4n) is 7.47. The van der Waals surface area contributed by atoms with E-state index in [1.165, 1.54) is 6.42 Å². The van der Waals surface area contributed by atoms with Crippen LogP contribution >= 0.6 is 0 Å². The third-order valence-electron chi connectivity index (χ3n) is 8.55. The molecule has 0 radical (unpaired) electrons. The Hall–Kier alpha value is -1.32. The lowest BCUT2D eigenvalue weighted by atomic mass is 9.65. The maximum absolute atomic E-state index is 13.2. The van der Waals surface area contributed by atoms with Gasteiger partial charge < -0.3 is 9.47 Å². The molecule has 0 amide bonds. The Balaban J connectivity index is 1.48. The topological polar surface area (TPSA) is 52.6 Å². The molecule has 168 valence electrons. The predicted octanol–water partition coefficient (Wildman–Crippen LogP) is 5.27. The zero-order valence-corrected chi connectivity index (χ0v) is 19.2. The van der Waals surface area contributed by atoms with Gasteiger partial charge in [-0.3, -0.25) is 9.59 Å². The van der Waals surface area contributed by atoms with E-state index in [1.807, 2.05) is 0 Å². The monoisotopic (exact) mass is 416 g/mol. The summed E-state index contributed by atoms with van der Waals surface area (Å²) in [7, 11) is 0. The molecule has 0 saturated heterocycles. The van der Waals surface area contributed by atoms with Crippen LogP contribution < -0.4 is 0 Å². The molecule has 0 aromatic carbocycles. The molecule has 4 heteroatoms. The zero-order valence-electron chi connectivity index (χ0n) is 19.2. The van der Waals surface area contributed by atoms with E-state index >= 15 is 0 Å². The normalized spacial score (nSPS) is 39.7. The molecule has 30 heavy (non-hydrogen) atoms. The van der Waals surface area contributed by atoms with E-state index in [0.29, 0.717) is 60.6 Å². The van der Waals surface area contributed by atoms with Gasteiger partial charge >= 0.3 is 11.9 Å². The van der Waals surface area contributed by atoms with Gasteiger partial charge in [0.15, 0.2) is 0 Å². The molecule has 3 fully saturated rings. The third-order valence-corrected chi connectivity index (χ3v) is 8.55. The molecule has 4 nitrogen and oxygen atoms in total. The van der Waals surface area contributed by atoms with Gasteiger partial charge in [0.05, 0.1) is 25.0 Å². The molecule has 4 rings (SSSR count). The lowest BCUT2D eigenvalue weighted by Gasteiger charge is -2.39. The van der Waals surface area contributed by atoms with Crippen molar-refractivity contribution in [1.82, 2.24) is 0 Å². The maximum atomic E-state index is 13.2. The first-order chi connectivity index (χ1) is 14.5. The lowest BCUT2D eigenvalue weighted by molar-refractivity contribution is -0.167. The largest absolute Gasteiger partial charge is 0.465 e. The van der Waals surface area contributed by atoms with Gasteiger partial charge in [-0.2, -0.15) is 0 Å². The van der Waals surface area contributed by atoms with Gasteiger partial charge in [0.1, 0.15) is 0 Å². The highest BCUT2D eigenvalue weighted by Gasteiger charge is 2.68. The second-order valence-corrected chi connectivity index (χ2v) is 10.8. The first kappa shape index (κ1) is 21.9. The standard InChI is InChI=1S/C26H40O4/c1-5-7-15(3)13-29-25(27)23-19-12-20(22-18-10-9-17(11-18)21(19)22)24(23)26(28)30-14-16(4)8-6-2/h9-10,15-24H,5-8,11-14H2,1-4H3. The Bertz CT molecular complexity index is 616. The first-order valence-corrected chi connectivity index (χ1v) is 12.5. The summed E-state index contributed by atoms with van der Waals surface area (Å²) in [4.78, 5) is 26.5. The Morgan fingerprint density at radius 1 is 0.800 bits per heavy atom. The summed E-state index contributed by atoms with van der Waals surface area (Å²) in [6, 6.07) is 0. The molecular formula is C26H40O4. The van der Waals surface area contributed by atoms with Gasteiger partial charge in [0, 0.05) is 0 Å². The maximum Gasteiger partial charge on any atom is 0.310 e. The molecule has 10 atom stereocenters. The van der Waals surface area contributed by atoms with Crippen LogP contribution in [0.1, 0.15) is 66.2 Å². The van der Waals surface area contributed by atoms with Gasteiger partial charge in [-0.1, -0.05) is 52.7 Å². The minimum atomic E-state index is -0.299. The van der Waals surface area contributed by atoms with E-state index in [0.717, 1.165) is 32.1 Å². The summed E-state index contributed by atoms with van der Waals surface area (Å²) < 4.78 is 11.6. The molecular weight excluding hydrogens is 376 g/mol. The summed E-state index contributed by atoms with van der Waals surface area (Å²) in [6.45, 7) is 9.52. The van der Waals surface area contributed by atoms with Gasteiger partial charge in [0.25, 0.3) is 0 Å². The van der Waals surface area contributed by atoms with Crippen LogP contribution in [-0.2, 0) is 19.1 Å². The number of carbonyl (C=O) groups is 2. The Morgan fingerprint density at radius 2 is 1.23 bits per heavy atom. The van der Waals surface area contributed by atoms with Gasteiger partial charge in [0.2, 0.25) is 0 Å². The number of allylic oxidation sites excluding steroid dienone is 2. The van der Waals surface area contributed by atoms with E-state index in [1.54, 1.807) is 0 Å². The van der Waals surface area contributed by atoms with Crippen molar-refractivity contribution >= 4 is 11.9 Å². The molecule has 0 spiro atoms. The summed E-state index contributed by atoms with van der Waals surface area (Å²) in [5, 5.41) is 0. The average Bonchev–Trinajstić information content (AvgIpc) is 3.48. The van der Waals surface area contributed by atoms with Crippen LogP contribution in [0.2, 0.25) is 0 Å². The summed E-state index contributed by atoms with van der Waals surface area (Å²) in [5.74, 6) is 2.79. The van der Waals surface area contributed by atoms with Crippen molar-refractivity contribution in [3.63, 3.8) is 0 Å². The minimum Gasteiger partial charge on any atom is -0.465 e. The second kappa shape index (κ2) is 9.04. The molecule has 0 heterocycles. The molecule has 4 aliphatic carbocycles. The van der Waals surface area contributed by atoms with E-state index in [-0.39, 0.29) is 23.8 Å². The number of rotatable bonds is 10. The van der Waals surface area contributed by atoms with E-state index in [4.69, 9.17) is 9.47 Å². The number of hydrogen-bond donors (Lipinski definition) is 0. The van der Waals surface area contributed by atoms with Crippen molar-refractivity contribution in [1.29, 1.82) is 0 Å². The number of ether oxygens (including phenoxy) is 2. The molecule has 4 aliphatic rings. The van der Waals surface area contributed by atoms with Gasteiger partial charge in [-0.25, -0.2) is 0 Å². The van der Waals surface area contributed by atoms with Crippen molar-refractivity contribution in [2.75, 3.05) is 13.2 Å². The van der Waals surface area contributed by atoms with Crippen LogP contribution in [0.3, 0.4) is 0 Å². The second-order valence-electron chi connectivity index (χ2n) is 10.8. The number of fused-ring (bicyclic) bond motifs is 9. The van der Waals surface area contributed by atoms with E-state index < -0.39 is 0 Å². The van der Waals surface area contributed by atoms with Crippen molar-refractivity contribution < 1.29 is 19.1 Å². The van der Waals surface area contributed by atoms with Crippen LogP contribution in [-0.4, -0.2) is 25.2 Å². The smallest absolute Gasteiger partial charge is 0.310 e.